The van der Waals surface area contributed by atoms with E-state index in [2.05, 4.69) is 15.4 Å². The maximum Gasteiger partial charge on any atom is 2.00 e. The average Bonchev–Trinajstić information content (AvgIpc) is 1.00. The van der Waals surface area contributed by atoms with Crippen molar-refractivity contribution in [3.05, 3.63) is 0 Å². The van der Waals surface area contributed by atoms with Crippen LogP contribution in [0.25, 0.3) is 0 Å². The summed E-state index contributed by atoms with van der Waals surface area (Å²) in [6.07, 6.45) is 0. The summed E-state index contributed by atoms with van der Waals surface area (Å²) in [6.45, 7) is 0. The molecule has 0 aliphatic carbocycles. The van der Waals surface area contributed by atoms with E-state index >= 15 is 0 Å². The third kappa shape index (κ3) is 35.8. The Hall–Kier alpha value is 2.11. The Bertz CT molecular complexity index is 11.5. The maximum atomic E-state index is 7.88. The normalized spacial score (nSPS) is 1.00. The molecule has 0 rings (SSSR count). The molecule has 0 aromatic rings. The van der Waals surface area contributed by atoms with E-state index in [1.807, 2.05) is 0 Å². The van der Waals surface area contributed by atoms with Crippen molar-refractivity contribution < 1.29 is 55.3 Å². The van der Waals surface area contributed by atoms with Crippen LogP contribution in [-0.4, -0.2) is 0 Å². The smallest absolute Gasteiger partial charge is 2.00 e. The third-order valence-electron chi connectivity index (χ3n) is 0. The molecule has 6 heavy (non-hydrogen) atoms. The Labute approximate surface area is 81.5 Å². The Balaban J connectivity index is -0.000000000833. The minimum Gasteiger partial charge on any atom is -2.00 e. The van der Waals surface area contributed by atoms with Crippen molar-refractivity contribution in [1.29, 1.82) is 0 Å². The van der Waals surface area contributed by atoms with E-state index in [1.54, 1.807) is 0 Å². The molecule has 0 spiro atoms. The van der Waals surface area contributed by atoms with E-state index in [4.69, 9.17) is 3.90 Å². The molecule has 0 aromatic carbocycles. The van der Waals surface area contributed by atoms with Crippen molar-refractivity contribution in [2.24, 2.45) is 0 Å². The first-order chi connectivity index (χ1) is 1.00. The van der Waals surface area contributed by atoms with Gasteiger partial charge in [0.2, 0.25) is 0 Å². The molecule has 0 aliphatic rings. The molecule has 6 heteroatoms. The zero-order chi connectivity index (χ0) is 2.00. The summed E-state index contributed by atoms with van der Waals surface area (Å²) in [7, 11) is 0. The molecular weight excluding hydrogens is 263 g/mol. The summed E-state index contributed by atoms with van der Waals surface area (Å²) >= 11 is 2.62. The fraction of sp³-hybridized carbons (Fsp3) is 0. The van der Waals surface area contributed by atoms with Gasteiger partial charge in [-0.2, -0.15) is 0 Å². The summed E-state index contributed by atoms with van der Waals surface area (Å²) in [5.74, 6) is 0. The van der Waals surface area contributed by atoms with Gasteiger partial charge in [-0.15, -0.1) is 0 Å². The average molecular weight is 263 g/mol. The quantitative estimate of drug-likeness (QED) is 0.556. The Kier molecular flexibility index (Phi) is 421. The van der Waals surface area contributed by atoms with Crippen molar-refractivity contribution in [2.45, 2.75) is 0 Å². The Morgan fingerprint density at radius 3 is 1.00 bits per heavy atom. The van der Waals surface area contributed by atoms with E-state index in [9.17, 15) is 0 Å². The van der Waals surface area contributed by atoms with Crippen molar-refractivity contribution in [3.63, 3.8) is 0 Å². The van der Waals surface area contributed by atoms with Crippen LogP contribution in [0.4, 0.5) is 0 Å². The van der Waals surface area contributed by atoms with Gasteiger partial charge in [0.15, 0.2) is 0 Å². The van der Waals surface area contributed by atoms with Crippen LogP contribution >= 0.6 is 0 Å². The van der Waals surface area contributed by atoms with Gasteiger partial charge in [-0.05, 0) is 0 Å². The molecule has 1 nitrogen and oxygen atoms in total. The molecule has 0 radical (unpaired) electrons. The van der Waals surface area contributed by atoms with E-state index in [1.165, 1.54) is 0 Å². The summed E-state index contributed by atoms with van der Waals surface area (Å²) in [5, 5.41) is 0. The molecular formula is Ni2OS2Zn. The largest absolute Gasteiger partial charge is 2.00 e. The predicted octanol–water partition coefficient (Wildman–Crippen LogP) is -0.131. The second kappa shape index (κ2) is 59.6. The van der Waals surface area contributed by atoms with Gasteiger partial charge in [-0.25, -0.2) is 0 Å². The Morgan fingerprint density at radius 1 is 1.00 bits per heavy atom. The number of hydrogen-bond acceptors (Lipinski definition) is 1. The summed E-state index contributed by atoms with van der Waals surface area (Å²) in [6, 6.07) is 0. The van der Waals surface area contributed by atoms with Crippen LogP contribution in [0.3, 0.4) is 0 Å². The van der Waals surface area contributed by atoms with Crippen LogP contribution in [0.2, 0.25) is 0 Å². The molecule has 0 atom stereocenters. The van der Waals surface area contributed by atoms with Crippen molar-refractivity contribution in [2.75, 3.05) is 0 Å². The maximum absolute atomic E-state index is 7.88. The fourth-order valence-corrected chi connectivity index (χ4v) is 0. The molecule has 0 N–H and O–H groups in total. The fourth-order valence-electron chi connectivity index (χ4n) is 0. The van der Waals surface area contributed by atoms with E-state index in [-0.39, 0.29) is 63.0 Å². The molecule has 0 aliphatic heterocycles. The first-order valence-corrected chi connectivity index (χ1v) is 0.532. The number of hydrogen-bond donors (Lipinski definition) is 0. The first-order valence-electron chi connectivity index (χ1n) is 0.129. The second-order valence-electron chi connectivity index (χ2n) is 0. The van der Waals surface area contributed by atoms with Crippen LogP contribution in [0, 0.1) is 0 Å². The molecule has 0 aromatic heterocycles. The summed E-state index contributed by atoms with van der Waals surface area (Å²) in [4.78, 5) is 0. The van der Waals surface area contributed by atoms with Crippen LogP contribution in [0.5, 0.6) is 0 Å². The van der Waals surface area contributed by atoms with Gasteiger partial charge in [0.1, 0.15) is 0 Å². The Morgan fingerprint density at radius 2 is 1.00 bits per heavy atom. The van der Waals surface area contributed by atoms with Crippen LogP contribution in [0.1, 0.15) is 0 Å². The topological polar surface area (TPSA) is 17.1 Å². The van der Waals surface area contributed by atoms with Gasteiger partial charge in [-0.1, -0.05) is 0 Å². The third-order valence-corrected chi connectivity index (χ3v) is 0. The monoisotopic (exact) mass is 260 g/mol. The molecule has 0 fully saturated rings. The minimum absolute atomic E-state index is 0. The molecule has 0 unspecified atom stereocenters. The van der Waals surface area contributed by atoms with E-state index in [0.29, 0.717) is 0 Å². The van der Waals surface area contributed by atoms with E-state index in [0.717, 1.165) is 0 Å². The molecule has 0 saturated carbocycles. The zero-order valence-corrected chi connectivity index (χ0v) is 9.14. The van der Waals surface area contributed by atoms with Crippen LogP contribution in [0.15, 0.2) is 0 Å². The molecule has 0 heterocycles. The van der Waals surface area contributed by atoms with Gasteiger partial charge >= 0.3 is 55.3 Å². The molecule has 0 bridgehead atoms. The zero-order valence-electron chi connectivity index (χ0n) is 2.56. The predicted molar refractivity (Wildman–Crippen MR) is 15.4 cm³/mol. The van der Waals surface area contributed by atoms with Gasteiger partial charge in [0.25, 0.3) is 0 Å². The SMILES string of the molecule is [Ni+2].[O]=[Ni].[S-2].[S-2].[Zn+2]. The van der Waals surface area contributed by atoms with Gasteiger partial charge in [0.05, 0.1) is 0 Å². The standard InChI is InChI=1S/2Ni.O.2S.Zn/q;+2;;2*-2;+2. The molecule has 40 valence electrons. The molecule has 0 amide bonds. The molecule has 0 saturated heterocycles. The van der Waals surface area contributed by atoms with Crippen molar-refractivity contribution >= 4 is 27.0 Å². The first kappa shape index (κ1) is 42.4. The van der Waals surface area contributed by atoms with Crippen molar-refractivity contribution in [1.82, 2.24) is 0 Å². The van der Waals surface area contributed by atoms with Crippen LogP contribution < -0.4 is 0 Å². The van der Waals surface area contributed by atoms with Gasteiger partial charge in [-0.3, -0.25) is 0 Å². The van der Waals surface area contributed by atoms with Gasteiger partial charge < -0.3 is 27.0 Å². The second-order valence-corrected chi connectivity index (χ2v) is 0. The van der Waals surface area contributed by atoms with Gasteiger partial charge in [0, 0.05) is 0 Å². The van der Waals surface area contributed by atoms with E-state index < -0.39 is 0 Å². The summed E-state index contributed by atoms with van der Waals surface area (Å²) in [5.41, 5.74) is 0. The summed E-state index contributed by atoms with van der Waals surface area (Å²) < 4.78 is 7.88. The van der Waals surface area contributed by atoms with Crippen molar-refractivity contribution in [3.8, 4) is 0 Å². The minimum atomic E-state index is 0. The van der Waals surface area contributed by atoms with Crippen LogP contribution in [-0.2, 0) is 82.2 Å². The number of rotatable bonds is 0.